The maximum atomic E-state index is 6.15. The van der Waals surface area contributed by atoms with Crippen LogP contribution in [0.2, 0.25) is 0 Å². The molecule has 124 valence electrons. The number of aromatic nitrogens is 3. The molecule has 6 nitrogen and oxygen atoms in total. The van der Waals surface area contributed by atoms with Crippen LogP contribution in [-0.4, -0.2) is 64.2 Å². The van der Waals surface area contributed by atoms with Gasteiger partial charge in [-0.05, 0) is 26.6 Å². The first-order chi connectivity index (χ1) is 11.2. The maximum Gasteiger partial charge on any atom is 0.123 e. The molecule has 6 heteroatoms. The molecule has 0 amide bonds. The highest BCUT2D eigenvalue weighted by Gasteiger charge is 2.23. The number of nitrogens with zero attached hydrogens (tertiary/aromatic N) is 5. The highest BCUT2D eigenvalue weighted by Crippen LogP contribution is 2.19. The topological polar surface area (TPSA) is 46.4 Å². The summed E-state index contributed by atoms with van der Waals surface area (Å²) in [6, 6.07) is 4.00. The van der Waals surface area contributed by atoms with Gasteiger partial charge in [-0.2, -0.15) is 0 Å². The van der Waals surface area contributed by atoms with Crippen molar-refractivity contribution in [3.8, 4) is 5.75 Å². The maximum absolute atomic E-state index is 6.15. The normalized spacial score (nSPS) is 18.7. The zero-order valence-electron chi connectivity index (χ0n) is 13.9. The van der Waals surface area contributed by atoms with Gasteiger partial charge in [-0.25, -0.2) is 4.98 Å². The molecule has 1 atom stereocenters. The lowest BCUT2D eigenvalue weighted by atomic mass is 10.3. The molecule has 1 aliphatic heterocycles. The van der Waals surface area contributed by atoms with Gasteiger partial charge in [0.25, 0.3) is 0 Å². The Morgan fingerprint density at radius 3 is 3.00 bits per heavy atom. The summed E-state index contributed by atoms with van der Waals surface area (Å²) in [5.74, 6) is 0.929. The molecule has 2 aromatic rings. The second-order valence-corrected chi connectivity index (χ2v) is 6.35. The average molecular weight is 315 g/mol. The number of imidazole rings is 1. The standard InChI is InChI=1S/C17H25N5O/c1-20(2)12-15-11-16(3-5-19-15)23-17-4-7-21(13-17)9-10-22-8-6-18-14-22/h3,5-6,8,11,14,17H,4,7,9-10,12-13H2,1-2H3. The number of pyridine rings is 1. The van der Waals surface area contributed by atoms with Gasteiger partial charge < -0.3 is 14.2 Å². The fraction of sp³-hybridized carbons (Fsp3) is 0.529. The summed E-state index contributed by atoms with van der Waals surface area (Å²) in [6.07, 6.45) is 8.88. The van der Waals surface area contributed by atoms with Crippen LogP contribution in [-0.2, 0) is 13.1 Å². The molecule has 0 saturated carbocycles. The summed E-state index contributed by atoms with van der Waals surface area (Å²) in [5, 5.41) is 0. The van der Waals surface area contributed by atoms with Crippen molar-refractivity contribution in [1.82, 2.24) is 24.3 Å². The van der Waals surface area contributed by atoms with Crippen LogP contribution in [0.4, 0.5) is 0 Å². The fourth-order valence-corrected chi connectivity index (χ4v) is 2.90. The van der Waals surface area contributed by atoms with E-state index in [1.807, 2.05) is 51.1 Å². The molecule has 1 unspecified atom stereocenters. The van der Waals surface area contributed by atoms with Crippen LogP contribution < -0.4 is 4.74 Å². The molecule has 0 aromatic carbocycles. The Balaban J connectivity index is 1.47. The number of rotatable bonds is 7. The first-order valence-electron chi connectivity index (χ1n) is 8.13. The molecule has 3 heterocycles. The van der Waals surface area contributed by atoms with Gasteiger partial charge in [0, 0.05) is 57.4 Å². The van der Waals surface area contributed by atoms with Crippen molar-refractivity contribution in [2.45, 2.75) is 25.6 Å². The summed E-state index contributed by atoms with van der Waals surface area (Å²) >= 11 is 0. The van der Waals surface area contributed by atoms with Crippen LogP contribution in [0, 0.1) is 0 Å². The van der Waals surface area contributed by atoms with E-state index >= 15 is 0 Å². The van der Waals surface area contributed by atoms with Gasteiger partial charge in [0.2, 0.25) is 0 Å². The van der Waals surface area contributed by atoms with Gasteiger partial charge in [-0.3, -0.25) is 9.88 Å². The number of likely N-dealkylation sites (tertiary alicyclic amines) is 1. The van der Waals surface area contributed by atoms with Crippen LogP contribution in [0.1, 0.15) is 12.1 Å². The number of hydrogen-bond acceptors (Lipinski definition) is 5. The van der Waals surface area contributed by atoms with E-state index in [9.17, 15) is 0 Å². The Hall–Kier alpha value is -1.92. The molecule has 2 aromatic heterocycles. The first-order valence-corrected chi connectivity index (χ1v) is 8.13. The Kier molecular flexibility index (Phi) is 5.25. The molecule has 0 N–H and O–H groups in total. The van der Waals surface area contributed by atoms with Crippen molar-refractivity contribution in [3.05, 3.63) is 42.7 Å². The Morgan fingerprint density at radius 1 is 1.30 bits per heavy atom. The summed E-state index contributed by atoms with van der Waals surface area (Å²) < 4.78 is 8.26. The molecular formula is C17H25N5O. The zero-order chi connectivity index (χ0) is 16.1. The minimum Gasteiger partial charge on any atom is -0.489 e. The Morgan fingerprint density at radius 2 is 2.22 bits per heavy atom. The van der Waals surface area contributed by atoms with Gasteiger partial charge in [-0.1, -0.05) is 0 Å². The third-order valence-electron chi connectivity index (χ3n) is 4.03. The summed E-state index contributed by atoms with van der Waals surface area (Å²) in [7, 11) is 4.09. The smallest absolute Gasteiger partial charge is 0.123 e. The van der Waals surface area contributed by atoms with E-state index in [1.54, 1.807) is 0 Å². The van der Waals surface area contributed by atoms with E-state index in [4.69, 9.17) is 4.74 Å². The van der Waals surface area contributed by atoms with Gasteiger partial charge in [0.1, 0.15) is 11.9 Å². The predicted octanol–water partition coefficient (Wildman–Crippen LogP) is 1.49. The second kappa shape index (κ2) is 7.57. The molecule has 3 rings (SSSR count). The van der Waals surface area contributed by atoms with E-state index in [2.05, 4.69) is 24.3 Å². The SMILES string of the molecule is CN(C)Cc1cc(OC2CCN(CCn3ccnc3)C2)ccn1. The van der Waals surface area contributed by atoms with Gasteiger partial charge in [0.15, 0.2) is 0 Å². The van der Waals surface area contributed by atoms with Crippen molar-refractivity contribution >= 4 is 0 Å². The van der Waals surface area contributed by atoms with Gasteiger partial charge in [0.05, 0.1) is 12.0 Å². The average Bonchev–Trinajstić information content (AvgIpc) is 3.16. The monoisotopic (exact) mass is 315 g/mol. The molecule has 1 saturated heterocycles. The fourth-order valence-electron chi connectivity index (χ4n) is 2.90. The highest BCUT2D eigenvalue weighted by atomic mass is 16.5. The van der Waals surface area contributed by atoms with Crippen molar-refractivity contribution < 1.29 is 4.74 Å². The van der Waals surface area contributed by atoms with Crippen LogP contribution in [0.3, 0.4) is 0 Å². The molecular weight excluding hydrogens is 290 g/mol. The molecule has 0 bridgehead atoms. The molecule has 0 aliphatic carbocycles. The van der Waals surface area contributed by atoms with Crippen LogP contribution in [0.25, 0.3) is 0 Å². The lowest BCUT2D eigenvalue weighted by Crippen LogP contribution is -2.27. The number of hydrogen-bond donors (Lipinski definition) is 0. The Labute approximate surface area is 137 Å². The van der Waals surface area contributed by atoms with Gasteiger partial charge >= 0.3 is 0 Å². The summed E-state index contributed by atoms with van der Waals surface area (Å²) in [6.45, 7) is 4.93. The third kappa shape index (κ3) is 4.77. The van der Waals surface area contributed by atoms with Gasteiger partial charge in [-0.15, -0.1) is 0 Å². The van der Waals surface area contributed by atoms with E-state index in [1.165, 1.54) is 0 Å². The lowest BCUT2D eigenvalue weighted by Gasteiger charge is -2.17. The first kappa shape index (κ1) is 16.0. The highest BCUT2D eigenvalue weighted by molar-refractivity contribution is 5.23. The summed E-state index contributed by atoms with van der Waals surface area (Å²) in [5.41, 5.74) is 1.04. The third-order valence-corrected chi connectivity index (χ3v) is 4.03. The van der Waals surface area contributed by atoms with E-state index in [0.717, 1.165) is 50.6 Å². The molecule has 23 heavy (non-hydrogen) atoms. The van der Waals surface area contributed by atoms with Crippen molar-refractivity contribution in [2.24, 2.45) is 0 Å². The summed E-state index contributed by atoms with van der Waals surface area (Å²) in [4.78, 5) is 13.0. The van der Waals surface area contributed by atoms with Crippen LogP contribution in [0.15, 0.2) is 37.1 Å². The van der Waals surface area contributed by atoms with Crippen molar-refractivity contribution in [3.63, 3.8) is 0 Å². The number of ether oxygens (including phenoxy) is 1. The molecule has 0 spiro atoms. The molecule has 1 aliphatic rings. The van der Waals surface area contributed by atoms with Crippen molar-refractivity contribution in [1.29, 1.82) is 0 Å². The van der Waals surface area contributed by atoms with E-state index in [0.29, 0.717) is 0 Å². The van der Waals surface area contributed by atoms with Crippen molar-refractivity contribution in [2.75, 3.05) is 33.7 Å². The molecule has 1 fully saturated rings. The lowest BCUT2D eigenvalue weighted by molar-refractivity contribution is 0.198. The van der Waals surface area contributed by atoms with Crippen LogP contribution >= 0.6 is 0 Å². The quantitative estimate of drug-likeness (QED) is 0.775. The molecule has 0 radical (unpaired) electrons. The Bertz CT molecular complexity index is 599. The second-order valence-electron chi connectivity index (χ2n) is 6.35. The predicted molar refractivity (Wildman–Crippen MR) is 89.3 cm³/mol. The van der Waals surface area contributed by atoms with Crippen LogP contribution in [0.5, 0.6) is 5.75 Å². The largest absolute Gasteiger partial charge is 0.489 e. The minimum atomic E-state index is 0.271. The zero-order valence-corrected chi connectivity index (χ0v) is 13.9. The van der Waals surface area contributed by atoms with E-state index < -0.39 is 0 Å². The van der Waals surface area contributed by atoms with E-state index in [-0.39, 0.29) is 6.10 Å². The minimum absolute atomic E-state index is 0.271.